The van der Waals surface area contributed by atoms with Crippen LogP contribution in [0.4, 0.5) is 5.69 Å². The SMILES string of the molecule is N=C(N)c1ccc(OCC(O)CN2CCN(CC(O)COc3ccc(C(=N)N)cc3)CC2)cc1.[C-]#[N+]c1ccc(OCC(CN2CCN(CC(COc3ccc(C#N)cc3)OCc3ccccc3)CC2)OCc2ccccc2)cc1. The number of hydrogen-bond acceptors (Lipinski definition) is 15. The molecule has 18 nitrogen and oxygen atoms in total. The van der Waals surface area contributed by atoms with Crippen molar-refractivity contribution in [1.29, 1.82) is 16.1 Å². The van der Waals surface area contributed by atoms with Gasteiger partial charge in [0, 0.05) is 89.7 Å². The third-order valence-electron chi connectivity index (χ3n) is 13.5. The Morgan fingerprint density at radius 2 is 0.812 bits per heavy atom. The predicted molar refractivity (Wildman–Crippen MR) is 309 cm³/mol. The number of nitrogen functional groups attached to an aromatic ring is 2. The summed E-state index contributed by atoms with van der Waals surface area (Å²) in [5.41, 5.74) is 15.6. The van der Waals surface area contributed by atoms with E-state index in [-0.39, 0.29) is 37.1 Å². The summed E-state index contributed by atoms with van der Waals surface area (Å²) in [6.45, 7) is 18.8. The summed E-state index contributed by atoms with van der Waals surface area (Å²) in [5.74, 6) is 2.72. The van der Waals surface area contributed by atoms with E-state index < -0.39 is 12.2 Å². The van der Waals surface area contributed by atoms with Crippen molar-refractivity contribution in [2.75, 3.05) is 105 Å². The lowest BCUT2D eigenvalue weighted by Crippen LogP contribution is -2.51. The molecule has 2 aliphatic heterocycles. The monoisotopic (exact) mass is 1090 g/mol. The normalized spacial score (nSPS) is 15.6. The summed E-state index contributed by atoms with van der Waals surface area (Å²) >= 11 is 0. The van der Waals surface area contributed by atoms with E-state index in [1.807, 2.05) is 60.7 Å². The maximum absolute atomic E-state index is 10.3. The molecule has 0 amide bonds. The minimum absolute atomic E-state index is 0.00575. The molecule has 0 radical (unpaired) electrons. The number of nitrogens with zero attached hydrogens (tertiary/aromatic N) is 6. The molecular formula is C62H74N10O8. The molecule has 6 aromatic rings. The van der Waals surface area contributed by atoms with Gasteiger partial charge in [0.2, 0.25) is 0 Å². The molecule has 0 aromatic heterocycles. The van der Waals surface area contributed by atoms with Crippen molar-refractivity contribution in [3.63, 3.8) is 0 Å². The molecule has 4 unspecified atom stereocenters. The molecule has 8 rings (SSSR count). The maximum atomic E-state index is 10.3. The van der Waals surface area contributed by atoms with Gasteiger partial charge in [-0.25, -0.2) is 4.85 Å². The van der Waals surface area contributed by atoms with Crippen molar-refractivity contribution in [3.05, 3.63) is 197 Å². The number of rotatable bonds is 28. The zero-order chi connectivity index (χ0) is 56.3. The van der Waals surface area contributed by atoms with Crippen LogP contribution in [0.3, 0.4) is 0 Å². The lowest BCUT2D eigenvalue weighted by Gasteiger charge is -2.37. The molecule has 0 saturated carbocycles. The van der Waals surface area contributed by atoms with Gasteiger partial charge in [-0.05, 0) is 96.1 Å². The fraction of sp³-hybridized carbons (Fsp3) is 0.355. The first kappa shape index (κ1) is 59.8. The number of hydrogen-bond donors (Lipinski definition) is 6. The molecule has 8 N–H and O–H groups in total. The summed E-state index contributed by atoms with van der Waals surface area (Å²) in [7, 11) is 0. The smallest absolute Gasteiger partial charge is 0.187 e. The highest BCUT2D eigenvalue weighted by atomic mass is 16.5. The average Bonchev–Trinajstić information content (AvgIpc) is 3.49. The molecule has 2 fully saturated rings. The summed E-state index contributed by atoms with van der Waals surface area (Å²) in [4.78, 5) is 12.7. The minimum Gasteiger partial charge on any atom is -0.491 e. The molecule has 2 aliphatic rings. The van der Waals surface area contributed by atoms with E-state index in [4.69, 9.17) is 62.5 Å². The highest BCUT2D eigenvalue weighted by molar-refractivity contribution is 5.95. The van der Waals surface area contributed by atoms with Crippen molar-refractivity contribution in [2.45, 2.75) is 37.6 Å². The average molecular weight is 1090 g/mol. The Balaban J connectivity index is 0.000000242. The number of β-amino-alcohol motifs (C(OH)–C–C–N with tert-alkyl or cyclic N) is 2. The third kappa shape index (κ3) is 21.1. The number of aliphatic hydroxyl groups excluding tert-OH is 2. The number of nitrogens with one attached hydrogen (secondary N) is 2. The zero-order valence-electron chi connectivity index (χ0n) is 45.2. The summed E-state index contributed by atoms with van der Waals surface area (Å²) in [5, 5.41) is 44.6. The topological polar surface area (TPSA) is 237 Å². The maximum Gasteiger partial charge on any atom is 0.187 e. The number of amidine groups is 2. The first-order chi connectivity index (χ1) is 39.0. The lowest BCUT2D eigenvalue weighted by atomic mass is 10.2. The Labute approximate surface area is 470 Å². The quantitative estimate of drug-likeness (QED) is 0.0177. The number of aliphatic hydroxyl groups is 2. The fourth-order valence-corrected chi connectivity index (χ4v) is 8.94. The first-order valence-electron chi connectivity index (χ1n) is 26.9. The number of piperazine rings is 2. The van der Waals surface area contributed by atoms with Gasteiger partial charge in [0.05, 0.1) is 31.4 Å². The van der Waals surface area contributed by atoms with Crippen LogP contribution in [-0.4, -0.2) is 171 Å². The molecule has 0 aliphatic carbocycles. The molecular weight excluding hydrogens is 1010 g/mol. The van der Waals surface area contributed by atoms with Crippen LogP contribution in [0.1, 0.15) is 27.8 Å². The van der Waals surface area contributed by atoms with Crippen LogP contribution in [0.5, 0.6) is 23.0 Å². The largest absolute Gasteiger partial charge is 0.491 e. The second-order valence-electron chi connectivity index (χ2n) is 19.7. The predicted octanol–water partition coefficient (Wildman–Crippen LogP) is 6.41. The standard InChI is InChI=1S/C38H40N4O4.C24H34N6O4/c1-40-34-14-18-36(19-15-34)46-30-38(44-28-33-10-6-3-7-11-33)26-42-22-20-41(21-23-42)25-37(43-27-32-8-4-2-5-9-32)29-45-35-16-12-31(24-39)13-17-35;25-23(26)17-1-5-21(6-2-17)33-15-19(31)13-29-9-11-30(12-10-29)14-20(32)16-34-22-7-3-18(4-8-22)24(27)28/h2-19,37-38H,20-23,25-30H2;1-8,19-20,31-32H,9-16H2,(H3,25,26)(H3,27,28). The van der Waals surface area contributed by atoms with Gasteiger partial charge in [-0.1, -0.05) is 72.8 Å². The summed E-state index contributed by atoms with van der Waals surface area (Å²) in [6.07, 6.45) is -1.47. The third-order valence-corrected chi connectivity index (χ3v) is 13.5. The molecule has 4 atom stereocenters. The molecule has 0 spiro atoms. The Morgan fingerprint density at radius 1 is 0.487 bits per heavy atom. The molecule has 2 saturated heterocycles. The minimum atomic E-state index is -0.618. The number of nitrogens with two attached hydrogens (primary N) is 2. The molecule has 18 heteroatoms. The van der Waals surface area contributed by atoms with Crippen molar-refractivity contribution in [3.8, 4) is 29.1 Å². The second kappa shape index (κ2) is 32.3. The van der Waals surface area contributed by atoms with Crippen molar-refractivity contribution in [2.24, 2.45) is 11.5 Å². The summed E-state index contributed by atoms with van der Waals surface area (Å²) in [6, 6.07) is 50.7. The van der Waals surface area contributed by atoms with Crippen LogP contribution in [0.2, 0.25) is 0 Å². The van der Waals surface area contributed by atoms with Crippen LogP contribution in [0.15, 0.2) is 158 Å². The van der Waals surface area contributed by atoms with Gasteiger partial charge in [0.25, 0.3) is 0 Å². The highest BCUT2D eigenvalue weighted by Crippen LogP contribution is 2.20. The second-order valence-corrected chi connectivity index (χ2v) is 19.7. The van der Waals surface area contributed by atoms with E-state index in [1.54, 1.807) is 72.8 Å². The van der Waals surface area contributed by atoms with Gasteiger partial charge in [-0.2, -0.15) is 5.26 Å². The Bertz CT molecular complexity index is 2640. The van der Waals surface area contributed by atoms with Gasteiger partial charge < -0.3 is 50.1 Å². The van der Waals surface area contributed by atoms with Crippen molar-refractivity contribution >= 4 is 17.4 Å². The van der Waals surface area contributed by atoms with Crippen LogP contribution in [0.25, 0.3) is 4.85 Å². The van der Waals surface area contributed by atoms with E-state index >= 15 is 0 Å². The van der Waals surface area contributed by atoms with E-state index in [2.05, 4.69) is 54.8 Å². The Morgan fingerprint density at radius 3 is 1.15 bits per heavy atom. The Hall–Kier alpha value is -7.88. The molecule has 80 heavy (non-hydrogen) atoms. The van der Waals surface area contributed by atoms with E-state index in [0.717, 1.165) is 88.1 Å². The van der Waals surface area contributed by atoms with E-state index in [0.29, 0.717) is 73.4 Å². The van der Waals surface area contributed by atoms with Crippen LogP contribution in [-0.2, 0) is 22.7 Å². The molecule has 6 aromatic carbocycles. The van der Waals surface area contributed by atoms with Crippen LogP contribution >= 0.6 is 0 Å². The number of benzene rings is 6. The van der Waals surface area contributed by atoms with Crippen LogP contribution in [0, 0.1) is 28.7 Å². The van der Waals surface area contributed by atoms with Gasteiger partial charge in [-0.3, -0.25) is 30.4 Å². The van der Waals surface area contributed by atoms with E-state index in [9.17, 15) is 10.2 Å². The molecule has 420 valence electrons. The van der Waals surface area contributed by atoms with Crippen molar-refractivity contribution < 1.29 is 38.6 Å². The van der Waals surface area contributed by atoms with Gasteiger partial charge in [-0.15, -0.1) is 0 Å². The zero-order valence-corrected chi connectivity index (χ0v) is 45.2. The first-order valence-corrected chi connectivity index (χ1v) is 26.9. The lowest BCUT2D eigenvalue weighted by molar-refractivity contribution is -0.0345. The van der Waals surface area contributed by atoms with Crippen molar-refractivity contribution in [1.82, 2.24) is 19.6 Å². The summed E-state index contributed by atoms with van der Waals surface area (Å²) < 4.78 is 36.2. The van der Waals surface area contributed by atoms with Crippen LogP contribution < -0.4 is 30.4 Å². The fourth-order valence-electron chi connectivity index (χ4n) is 8.94. The Kier molecular flexibility index (Phi) is 24.1. The molecule has 0 bridgehead atoms. The number of nitriles is 1. The van der Waals surface area contributed by atoms with Gasteiger partial charge in [0.15, 0.2) is 5.69 Å². The molecule has 2 heterocycles. The number of ether oxygens (including phenoxy) is 6. The van der Waals surface area contributed by atoms with E-state index in [1.165, 1.54) is 0 Å². The van der Waals surface area contributed by atoms with Gasteiger partial charge >= 0.3 is 0 Å². The van der Waals surface area contributed by atoms with Gasteiger partial charge in [0.1, 0.15) is 85.5 Å². The highest BCUT2D eigenvalue weighted by Gasteiger charge is 2.25.